The molecule has 0 N–H and O–H groups in total. The number of halogens is 1. The first-order chi connectivity index (χ1) is 6.91. The molecule has 3 heteroatoms. The van der Waals surface area contributed by atoms with Crippen LogP contribution in [0.3, 0.4) is 0 Å². The summed E-state index contributed by atoms with van der Waals surface area (Å²) in [6, 6.07) is 3.17. The largest absolute Gasteiger partial charge is 0.127 e. The number of alkyl halides is 1. The first-order valence-corrected chi connectivity index (χ1v) is 13.0. The lowest BCUT2D eigenvalue weighted by Crippen LogP contribution is -2.02. The van der Waals surface area contributed by atoms with Crippen molar-refractivity contribution in [3.05, 3.63) is 0 Å². The quantitative estimate of drug-likeness (QED) is 0.300. The van der Waals surface area contributed by atoms with E-state index in [9.17, 15) is 0 Å². The number of hydrogen-bond acceptors (Lipinski definition) is 0. The molecule has 0 aromatic carbocycles. The summed E-state index contributed by atoms with van der Waals surface area (Å²) in [6.07, 6.45) is 10.1. The summed E-state index contributed by atoms with van der Waals surface area (Å²) in [7, 11) is 0.843. The molecule has 0 fully saturated rings. The van der Waals surface area contributed by atoms with Crippen LogP contribution in [0, 0.1) is 0 Å². The first-order valence-electron chi connectivity index (χ1n) is 6.47. The molecule has 0 aromatic rings. The third-order valence-electron chi connectivity index (χ3n) is 2.74. The zero-order valence-corrected chi connectivity index (χ0v) is 13.4. The SMILES string of the molecule is CCCCCCCC[SiH2][SiH2]CCCCl. The maximum atomic E-state index is 5.65. The molecule has 0 saturated heterocycles. The fourth-order valence-corrected chi connectivity index (χ4v) is 8.53. The molecule has 0 bridgehead atoms. The molecule has 0 nitrogen and oxygen atoms in total. The van der Waals surface area contributed by atoms with E-state index < -0.39 is 0 Å². The summed E-state index contributed by atoms with van der Waals surface area (Å²) in [5.41, 5.74) is 0. The van der Waals surface area contributed by atoms with Gasteiger partial charge in [0.05, 0.1) is 0 Å². The Kier molecular flexibility index (Phi) is 14.4. The second-order valence-electron chi connectivity index (χ2n) is 4.22. The molecule has 0 aliphatic carbocycles. The normalized spacial score (nSPS) is 12.4. The molecule has 14 heavy (non-hydrogen) atoms. The van der Waals surface area contributed by atoms with Crippen LogP contribution in [0.25, 0.3) is 0 Å². The van der Waals surface area contributed by atoms with Gasteiger partial charge in [-0.15, -0.1) is 11.6 Å². The Labute approximate surface area is 99.6 Å². The van der Waals surface area contributed by atoms with E-state index in [2.05, 4.69) is 6.92 Å². The van der Waals surface area contributed by atoms with Gasteiger partial charge in [-0.2, -0.15) is 0 Å². The van der Waals surface area contributed by atoms with Crippen LogP contribution in [0.2, 0.25) is 12.1 Å². The van der Waals surface area contributed by atoms with Crippen LogP contribution in [0.15, 0.2) is 0 Å². The van der Waals surface area contributed by atoms with Crippen LogP contribution in [-0.2, 0) is 0 Å². The minimum Gasteiger partial charge on any atom is -0.127 e. The van der Waals surface area contributed by atoms with Gasteiger partial charge >= 0.3 is 0 Å². The van der Waals surface area contributed by atoms with Crippen molar-refractivity contribution in [3.8, 4) is 0 Å². The third kappa shape index (κ3) is 12.7. The van der Waals surface area contributed by atoms with Crippen LogP contribution >= 0.6 is 11.6 Å². The van der Waals surface area contributed by atoms with Gasteiger partial charge < -0.3 is 0 Å². The predicted molar refractivity (Wildman–Crippen MR) is 75.4 cm³/mol. The molecule has 0 atom stereocenters. The van der Waals surface area contributed by atoms with Crippen LogP contribution in [0.5, 0.6) is 0 Å². The second-order valence-corrected chi connectivity index (χ2v) is 11.7. The Bertz CT molecular complexity index is 87.3. The summed E-state index contributed by atoms with van der Waals surface area (Å²) in [5.74, 6) is 0.901. The summed E-state index contributed by atoms with van der Waals surface area (Å²) in [5, 5.41) is 0. The Balaban J connectivity index is 2.78. The smallest absolute Gasteiger partial charge is 0.0220 e. The highest BCUT2D eigenvalue weighted by molar-refractivity contribution is 7.00. The average molecular weight is 251 g/mol. The number of hydrogen-bond donors (Lipinski definition) is 0. The molecule has 0 rings (SSSR count). The van der Waals surface area contributed by atoms with Crippen molar-refractivity contribution in [2.75, 3.05) is 5.88 Å². The Morgan fingerprint density at radius 1 is 0.786 bits per heavy atom. The van der Waals surface area contributed by atoms with E-state index in [0.717, 1.165) is 5.88 Å². The van der Waals surface area contributed by atoms with Gasteiger partial charge in [0.25, 0.3) is 0 Å². The molecule has 0 aliphatic heterocycles. The van der Waals surface area contributed by atoms with E-state index in [1.54, 1.807) is 12.5 Å². The topological polar surface area (TPSA) is 0 Å². The summed E-state index contributed by atoms with van der Waals surface area (Å²) < 4.78 is 0. The minimum atomic E-state index is 0.411. The van der Waals surface area contributed by atoms with Crippen molar-refractivity contribution in [1.29, 1.82) is 0 Å². The van der Waals surface area contributed by atoms with E-state index in [1.807, 2.05) is 0 Å². The lowest BCUT2D eigenvalue weighted by Gasteiger charge is -2.00. The van der Waals surface area contributed by atoms with Crippen molar-refractivity contribution in [2.45, 2.75) is 64.0 Å². The molecule has 0 aliphatic rings. The van der Waals surface area contributed by atoms with Crippen molar-refractivity contribution >= 4 is 29.7 Å². The molecule has 0 aromatic heterocycles. The molecule has 0 spiro atoms. The van der Waals surface area contributed by atoms with E-state index in [4.69, 9.17) is 11.6 Å². The predicted octanol–water partition coefficient (Wildman–Crippen LogP) is 3.07. The Morgan fingerprint density at radius 3 is 2.00 bits per heavy atom. The van der Waals surface area contributed by atoms with E-state index in [-0.39, 0.29) is 0 Å². The van der Waals surface area contributed by atoms with E-state index >= 15 is 0 Å². The van der Waals surface area contributed by atoms with Crippen molar-refractivity contribution in [3.63, 3.8) is 0 Å². The average Bonchev–Trinajstić information content (AvgIpc) is 2.21. The van der Waals surface area contributed by atoms with Crippen LogP contribution < -0.4 is 0 Å². The Hall–Kier alpha value is 0.724. The molecular weight excluding hydrogens is 224 g/mol. The van der Waals surface area contributed by atoms with Gasteiger partial charge in [0, 0.05) is 24.0 Å². The fraction of sp³-hybridized carbons (Fsp3) is 1.00. The maximum absolute atomic E-state index is 5.65. The highest BCUT2D eigenvalue weighted by Crippen LogP contribution is 2.06. The zero-order valence-electron chi connectivity index (χ0n) is 9.86. The van der Waals surface area contributed by atoms with Gasteiger partial charge in [0.15, 0.2) is 0 Å². The zero-order chi connectivity index (χ0) is 10.5. The molecule has 0 radical (unpaired) electrons. The van der Waals surface area contributed by atoms with Gasteiger partial charge in [-0.3, -0.25) is 0 Å². The van der Waals surface area contributed by atoms with Crippen molar-refractivity contribution in [1.82, 2.24) is 0 Å². The van der Waals surface area contributed by atoms with Crippen molar-refractivity contribution < 1.29 is 0 Å². The fourth-order valence-electron chi connectivity index (χ4n) is 1.76. The molecule has 0 heterocycles. The van der Waals surface area contributed by atoms with E-state index in [1.165, 1.54) is 44.6 Å². The van der Waals surface area contributed by atoms with Crippen molar-refractivity contribution in [2.24, 2.45) is 0 Å². The van der Waals surface area contributed by atoms with Crippen LogP contribution in [0.1, 0.15) is 51.9 Å². The number of unbranched alkanes of at least 4 members (excludes halogenated alkanes) is 5. The van der Waals surface area contributed by atoms with Gasteiger partial charge in [-0.1, -0.05) is 57.5 Å². The molecule has 0 amide bonds. The van der Waals surface area contributed by atoms with Crippen LogP contribution in [0.4, 0.5) is 0 Å². The highest BCUT2D eigenvalue weighted by Gasteiger charge is 1.93. The monoisotopic (exact) mass is 250 g/mol. The van der Waals surface area contributed by atoms with Gasteiger partial charge in [0.2, 0.25) is 0 Å². The second kappa shape index (κ2) is 13.7. The molecular formula is C11H27ClSi2. The highest BCUT2D eigenvalue weighted by atomic mass is 35.5. The maximum Gasteiger partial charge on any atom is 0.0220 e. The number of rotatable bonds is 11. The molecule has 0 unspecified atom stereocenters. The van der Waals surface area contributed by atoms with Crippen LogP contribution in [-0.4, -0.2) is 24.0 Å². The lowest BCUT2D eigenvalue weighted by molar-refractivity contribution is 0.624. The van der Waals surface area contributed by atoms with Gasteiger partial charge in [-0.05, 0) is 6.42 Å². The minimum absolute atomic E-state index is 0.411. The Morgan fingerprint density at radius 2 is 1.36 bits per heavy atom. The third-order valence-corrected chi connectivity index (χ3v) is 10.0. The lowest BCUT2D eigenvalue weighted by atomic mass is 10.1. The summed E-state index contributed by atoms with van der Waals surface area (Å²) in [6.45, 7) is 2.29. The van der Waals surface area contributed by atoms with Gasteiger partial charge in [0.1, 0.15) is 0 Å². The summed E-state index contributed by atoms with van der Waals surface area (Å²) >= 11 is 5.65. The standard InChI is InChI=1S/C11H27ClSi2/c1-2-3-4-5-6-7-10-13-14-11-8-9-12/h2-11,13-14H2,1H3. The molecule has 86 valence electrons. The molecule has 0 saturated carbocycles. The first kappa shape index (κ1) is 14.7. The van der Waals surface area contributed by atoms with E-state index in [0.29, 0.717) is 18.1 Å². The summed E-state index contributed by atoms with van der Waals surface area (Å²) in [4.78, 5) is 0. The van der Waals surface area contributed by atoms with Gasteiger partial charge in [-0.25, -0.2) is 0 Å².